The number of benzene rings is 1. The van der Waals surface area contributed by atoms with Crippen LogP contribution >= 0.6 is 0 Å². The minimum atomic E-state index is -0.332. The summed E-state index contributed by atoms with van der Waals surface area (Å²) >= 11 is 0. The van der Waals surface area contributed by atoms with Crippen LogP contribution in [-0.4, -0.2) is 34.8 Å². The maximum Gasteiger partial charge on any atom is 0.134 e. The summed E-state index contributed by atoms with van der Waals surface area (Å²) in [5.74, 6) is 1.43. The second kappa shape index (κ2) is 4.63. The molecule has 1 aromatic carbocycles. The molecule has 1 saturated heterocycles. The summed E-state index contributed by atoms with van der Waals surface area (Å²) in [5.41, 5.74) is 0.841. The molecule has 2 heterocycles. The third-order valence-corrected chi connectivity index (χ3v) is 4.02. The predicted molar refractivity (Wildman–Crippen MR) is 78.5 cm³/mol. The van der Waals surface area contributed by atoms with Gasteiger partial charge in [0, 0.05) is 18.1 Å². The van der Waals surface area contributed by atoms with E-state index in [0.717, 1.165) is 17.7 Å². The van der Waals surface area contributed by atoms with Crippen LogP contribution in [0, 0.1) is 0 Å². The first-order valence-corrected chi connectivity index (χ1v) is 7.16. The van der Waals surface area contributed by atoms with Crippen LogP contribution in [0.1, 0.15) is 39.7 Å². The van der Waals surface area contributed by atoms with Gasteiger partial charge in [0.15, 0.2) is 0 Å². The van der Waals surface area contributed by atoms with Crippen molar-refractivity contribution in [1.82, 2.24) is 0 Å². The normalized spacial score (nSPS) is 27.4. The Morgan fingerprint density at radius 3 is 2.67 bits per heavy atom. The number of nitrogens with zero attached hydrogens (tertiary/aromatic N) is 1. The summed E-state index contributed by atoms with van der Waals surface area (Å²) < 4.78 is 17.7. The highest BCUT2D eigenvalue weighted by atomic mass is 16.6. The highest BCUT2D eigenvalue weighted by Gasteiger charge is 2.47. The van der Waals surface area contributed by atoms with E-state index in [9.17, 15) is 0 Å². The summed E-state index contributed by atoms with van der Waals surface area (Å²) in [7, 11) is 0. The number of ether oxygens (including phenoxy) is 3. The number of hydrogen-bond donors (Lipinski definition) is 1. The zero-order chi connectivity index (χ0) is 15.3. The van der Waals surface area contributed by atoms with Crippen molar-refractivity contribution in [2.24, 2.45) is 5.16 Å². The Hall–Kier alpha value is -1.75. The van der Waals surface area contributed by atoms with Crippen LogP contribution in [0.4, 0.5) is 0 Å². The number of hydrogen-bond acceptors (Lipinski definition) is 5. The standard InChI is InChI=1S/C16H21NO4/c1-15(2)8-14(16(3,4)21-15)20-10-5-6-11-12(17-18)9-19-13(11)7-10/h5-7,14,18H,8-9H2,1-4H3/b17-12+. The molecule has 0 amide bonds. The van der Waals surface area contributed by atoms with E-state index in [-0.39, 0.29) is 17.3 Å². The van der Waals surface area contributed by atoms with E-state index < -0.39 is 0 Å². The third-order valence-electron chi connectivity index (χ3n) is 4.02. The first kappa shape index (κ1) is 14.2. The Bertz CT molecular complexity index is 592. The first-order chi connectivity index (χ1) is 9.81. The molecule has 114 valence electrons. The lowest BCUT2D eigenvalue weighted by Gasteiger charge is -2.27. The molecule has 0 spiro atoms. The largest absolute Gasteiger partial charge is 0.487 e. The fourth-order valence-electron chi connectivity index (χ4n) is 3.10. The maximum absolute atomic E-state index is 8.90. The highest BCUT2D eigenvalue weighted by molar-refractivity contribution is 6.06. The van der Waals surface area contributed by atoms with E-state index in [2.05, 4.69) is 19.0 Å². The van der Waals surface area contributed by atoms with Crippen molar-refractivity contribution >= 4 is 5.71 Å². The quantitative estimate of drug-likeness (QED) is 0.672. The van der Waals surface area contributed by atoms with E-state index in [1.54, 1.807) is 0 Å². The fraction of sp³-hybridized carbons (Fsp3) is 0.562. The smallest absolute Gasteiger partial charge is 0.134 e. The Morgan fingerprint density at radius 2 is 2.05 bits per heavy atom. The molecule has 0 radical (unpaired) electrons. The van der Waals surface area contributed by atoms with Gasteiger partial charge < -0.3 is 19.4 Å². The average Bonchev–Trinajstić information content (AvgIpc) is 2.86. The van der Waals surface area contributed by atoms with Gasteiger partial charge in [-0.25, -0.2) is 0 Å². The van der Waals surface area contributed by atoms with Gasteiger partial charge in [0.25, 0.3) is 0 Å². The molecule has 1 unspecified atom stereocenters. The van der Waals surface area contributed by atoms with Crippen molar-refractivity contribution in [1.29, 1.82) is 0 Å². The van der Waals surface area contributed by atoms with E-state index >= 15 is 0 Å². The van der Waals surface area contributed by atoms with Crippen LogP contribution in [0.15, 0.2) is 23.4 Å². The lowest BCUT2D eigenvalue weighted by molar-refractivity contribution is -0.0846. The van der Waals surface area contributed by atoms with E-state index in [0.29, 0.717) is 18.1 Å². The van der Waals surface area contributed by atoms with Crippen LogP contribution in [0.2, 0.25) is 0 Å². The van der Waals surface area contributed by atoms with Gasteiger partial charge in [-0.2, -0.15) is 0 Å². The Kier molecular flexibility index (Phi) is 3.13. The molecule has 2 aliphatic heterocycles. The molecular formula is C16H21NO4. The summed E-state index contributed by atoms with van der Waals surface area (Å²) in [6, 6.07) is 5.58. The van der Waals surface area contributed by atoms with Gasteiger partial charge in [-0.3, -0.25) is 0 Å². The molecule has 5 heteroatoms. The van der Waals surface area contributed by atoms with Crippen LogP contribution in [-0.2, 0) is 4.74 Å². The summed E-state index contributed by atoms with van der Waals surface area (Å²) in [6.07, 6.45) is 0.819. The van der Waals surface area contributed by atoms with Gasteiger partial charge in [0.1, 0.15) is 35.5 Å². The van der Waals surface area contributed by atoms with Crippen molar-refractivity contribution in [2.75, 3.05) is 6.61 Å². The summed E-state index contributed by atoms with van der Waals surface area (Å²) in [5, 5.41) is 12.1. The Morgan fingerprint density at radius 1 is 1.29 bits per heavy atom. The van der Waals surface area contributed by atoms with Gasteiger partial charge in [-0.1, -0.05) is 5.16 Å². The zero-order valence-corrected chi connectivity index (χ0v) is 12.8. The molecule has 0 aliphatic carbocycles. The van der Waals surface area contributed by atoms with E-state index in [1.165, 1.54) is 0 Å². The van der Waals surface area contributed by atoms with Gasteiger partial charge in [-0.05, 0) is 39.8 Å². The van der Waals surface area contributed by atoms with Crippen molar-refractivity contribution < 1.29 is 19.4 Å². The molecule has 1 atom stereocenters. The van der Waals surface area contributed by atoms with Crippen molar-refractivity contribution in [3.63, 3.8) is 0 Å². The van der Waals surface area contributed by atoms with Crippen molar-refractivity contribution in [3.8, 4) is 11.5 Å². The lowest BCUT2D eigenvalue weighted by Crippen LogP contribution is -2.36. The zero-order valence-electron chi connectivity index (χ0n) is 12.8. The molecule has 1 aromatic rings. The van der Waals surface area contributed by atoms with Crippen LogP contribution in [0.5, 0.6) is 11.5 Å². The molecule has 1 fully saturated rings. The predicted octanol–water partition coefficient (Wildman–Crippen LogP) is 2.98. The first-order valence-electron chi connectivity index (χ1n) is 7.16. The van der Waals surface area contributed by atoms with Crippen LogP contribution in [0.3, 0.4) is 0 Å². The van der Waals surface area contributed by atoms with Crippen LogP contribution < -0.4 is 9.47 Å². The minimum absolute atomic E-state index is 0.0158. The molecule has 0 aromatic heterocycles. The van der Waals surface area contributed by atoms with Gasteiger partial charge in [0.05, 0.1) is 5.60 Å². The van der Waals surface area contributed by atoms with E-state index in [4.69, 9.17) is 19.4 Å². The summed E-state index contributed by atoms with van der Waals surface area (Å²) in [6.45, 7) is 8.54. The third kappa shape index (κ3) is 2.58. The SMILES string of the molecule is CC1(C)CC(Oc2ccc3c(c2)OC/C3=N\O)C(C)(C)O1. The van der Waals surface area contributed by atoms with E-state index in [1.807, 2.05) is 32.0 Å². The molecule has 21 heavy (non-hydrogen) atoms. The summed E-state index contributed by atoms with van der Waals surface area (Å²) in [4.78, 5) is 0. The van der Waals surface area contributed by atoms with Crippen LogP contribution in [0.25, 0.3) is 0 Å². The Balaban J connectivity index is 1.81. The molecule has 1 N–H and O–H groups in total. The molecule has 2 aliphatic rings. The lowest BCUT2D eigenvalue weighted by atomic mass is 9.97. The average molecular weight is 291 g/mol. The molecule has 0 saturated carbocycles. The fourth-order valence-corrected chi connectivity index (χ4v) is 3.10. The minimum Gasteiger partial charge on any atom is -0.487 e. The number of oxime groups is 1. The monoisotopic (exact) mass is 291 g/mol. The topological polar surface area (TPSA) is 60.3 Å². The molecule has 5 nitrogen and oxygen atoms in total. The molecular weight excluding hydrogens is 270 g/mol. The van der Waals surface area contributed by atoms with Gasteiger partial charge >= 0.3 is 0 Å². The van der Waals surface area contributed by atoms with Gasteiger partial charge in [0.2, 0.25) is 0 Å². The van der Waals surface area contributed by atoms with Crippen molar-refractivity contribution in [2.45, 2.75) is 51.4 Å². The number of fused-ring (bicyclic) bond motifs is 1. The molecule has 3 rings (SSSR count). The number of rotatable bonds is 2. The highest BCUT2D eigenvalue weighted by Crippen LogP contribution is 2.40. The second-order valence-electron chi connectivity index (χ2n) is 6.77. The van der Waals surface area contributed by atoms with Crippen molar-refractivity contribution in [3.05, 3.63) is 23.8 Å². The molecule has 0 bridgehead atoms. The maximum atomic E-state index is 8.90. The van der Waals surface area contributed by atoms with Gasteiger partial charge in [-0.15, -0.1) is 0 Å². The Labute approximate surface area is 124 Å². The second-order valence-corrected chi connectivity index (χ2v) is 6.77.